The van der Waals surface area contributed by atoms with Crippen molar-refractivity contribution < 1.29 is 9.53 Å². The molecule has 0 radical (unpaired) electrons. The summed E-state index contributed by atoms with van der Waals surface area (Å²) in [5.41, 5.74) is 4.19. The number of carbonyl (C=O) groups excluding carboxylic acids is 1. The predicted molar refractivity (Wildman–Crippen MR) is 124 cm³/mol. The molecule has 4 unspecified atom stereocenters. The minimum Gasteiger partial charge on any atom is -0.439 e. The number of benzene rings is 2. The Hall–Kier alpha value is -3.30. The molecular weight excluding hydrogens is 400 g/mol. The monoisotopic (exact) mass is 428 g/mol. The summed E-state index contributed by atoms with van der Waals surface area (Å²) >= 11 is 0. The number of ether oxygens (including phenoxy) is 1. The molecule has 1 saturated carbocycles. The van der Waals surface area contributed by atoms with Gasteiger partial charge in [0.05, 0.1) is 17.8 Å². The number of rotatable bonds is 5. The molecule has 2 aromatic rings. The lowest BCUT2D eigenvalue weighted by Crippen LogP contribution is -2.46. The Morgan fingerprint density at radius 3 is 2.81 bits per heavy atom. The first-order valence-corrected chi connectivity index (χ1v) is 11.3. The molecule has 5 rings (SSSR count). The summed E-state index contributed by atoms with van der Waals surface area (Å²) in [4.78, 5) is 14.6. The second-order valence-electron chi connectivity index (χ2n) is 9.08. The third-order valence-electron chi connectivity index (χ3n) is 7.05. The molecule has 2 heterocycles. The maximum atomic E-state index is 12.7. The molecule has 2 N–H and O–H groups in total. The molecule has 4 atom stereocenters. The fourth-order valence-electron chi connectivity index (χ4n) is 5.20. The highest BCUT2D eigenvalue weighted by atomic mass is 16.5. The van der Waals surface area contributed by atoms with Crippen LogP contribution >= 0.6 is 0 Å². The molecule has 2 aliphatic heterocycles. The summed E-state index contributed by atoms with van der Waals surface area (Å²) < 4.78 is 5.64. The summed E-state index contributed by atoms with van der Waals surface area (Å²) in [7, 11) is 1.94. The Morgan fingerprint density at radius 2 is 2.06 bits per heavy atom. The molecule has 1 aliphatic carbocycles. The smallest absolute Gasteiger partial charge is 0.238 e. The Balaban J connectivity index is 1.22. The number of nitrogens with zero attached hydrogens (tertiary/aromatic N) is 2. The van der Waals surface area contributed by atoms with Crippen LogP contribution in [0.3, 0.4) is 0 Å². The first-order valence-electron chi connectivity index (χ1n) is 11.3. The largest absolute Gasteiger partial charge is 0.439 e. The highest BCUT2D eigenvalue weighted by molar-refractivity contribution is 5.83. The zero-order valence-electron chi connectivity index (χ0n) is 18.3. The zero-order valence-corrected chi connectivity index (χ0v) is 18.3. The second kappa shape index (κ2) is 8.33. The number of carbonyl (C=O) groups is 1. The molecule has 2 fully saturated rings. The molecule has 0 bridgehead atoms. The van der Waals surface area contributed by atoms with Crippen molar-refractivity contribution in [3.63, 3.8) is 0 Å². The first kappa shape index (κ1) is 20.6. The van der Waals surface area contributed by atoms with Gasteiger partial charge < -0.3 is 20.3 Å². The van der Waals surface area contributed by atoms with Gasteiger partial charge in [0.15, 0.2) is 11.6 Å². The molecule has 6 nitrogen and oxygen atoms in total. The van der Waals surface area contributed by atoms with Crippen molar-refractivity contribution in [2.75, 3.05) is 11.9 Å². The summed E-state index contributed by atoms with van der Waals surface area (Å²) in [6.07, 6.45) is 4.99. The molecule has 1 saturated heterocycles. The van der Waals surface area contributed by atoms with E-state index >= 15 is 0 Å². The lowest BCUT2D eigenvalue weighted by Gasteiger charge is -2.17. The molecule has 2 aromatic carbocycles. The predicted octanol–water partition coefficient (Wildman–Crippen LogP) is 3.73. The Bertz CT molecular complexity index is 1080. The lowest BCUT2D eigenvalue weighted by atomic mass is 9.99. The van der Waals surface area contributed by atoms with E-state index in [1.807, 2.05) is 36.2 Å². The van der Waals surface area contributed by atoms with E-state index in [0.717, 1.165) is 41.0 Å². The molecule has 3 aliphatic rings. The summed E-state index contributed by atoms with van der Waals surface area (Å²) in [6, 6.07) is 16.3. The van der Waals surface area contributed by atoms with Gasteiger partial charge in [-0.3, -0.25) is 4.79 Å². The van der Waals surface area contributed by atoms with E-state index in [9.17, 15) is 10.1 Å². The van der Waals surface area contributed by atoms with E-state index in [2.05, 4.69) is 41.5 Å². The highest BCUT2D eigenvalue weighted by Crippen LogP contribution is 2.40. The highest BCUT2D eigenvalue weighted by Gasteiger charge is 2.40. The van der Waals surface area contributed by atoms with Gasteiger partial charge in [-0.1, -0.05) is 36.8 Å². The lowest BCUT2D eigenvalue weighted by molar-refractivity contribution is -0.123. The second-order valence-corrected chi connectivity index (χ2v) is 9.08. The van der Waals surface area contributed by atoms with E-state index in [4.69, 9.17) is 4.74 Å². The van der Waals surface area contributed by atoms with Gasteiger partial charge in [0.1, 0.15) is 6.04 Å². The number of hydrogen-bond donors (Lipinski definition) is 2. The van der Waals surface area contributed by atoms with Crippen LogP contribution in [0.25, 0.3) is 11.1 Å². The van der Waals surface area contributed by atoms with Gasteiger partial charge in [-0.2, -0.15) is 5.26 Å². The Kier molecular flexibility index (Phi) is 5.36. The van der Waals surface area contributed by atoms with Crippen LogP contribution in [-0.2, 0) is 11.2 Å². The molecule has 0 aromatic heterocycles. The number of fused-ring (bicyclic) bond motifs is 2. The molecule has 6 heteroatoms. The van der Waals surface area contributed by atoms with Gasteiger partial charge in [-0.15, -0.1) is 0 Å². The van der Waals surface area contributed by atoms with Crippen molar-refractivity contribution in [3.05, 3.63) is 60.5 Å². The minimum absolute atomic E-state index is 0.0476. The van der Waals surface area contributed by atoms with Crippen molar-refractivity contribution >= 4 is 11.6 Å². The summed E-state index contributed by atoms with van der Waals surface area (Å²) in [5, 5.41) is 16.0. The van der Waals surface area contributed by atoms with Gasteiger partial charge in [0.25, 0.3) is 0 Å². The number of hydrogen-bond acceptors (Lipinski definition) is 5. The molecule has 164 valence electrons. The minimum atomic E-state index is -0.535. The number of nitrogens with one attached hydrogen (secondary N) is 2. The van der Waals surface area contributed by atoms with E-state index in [1.54, 1.807) is 0 Å². The topological polar surface area (TPSA) is 77.4 Å². The SMILES string of the molecule is C=C1Oc2ccc(-c3ccc(CC(C#N)NC(=O)C4CC5CCCC5N4)cc3)cc2N1C. The average Bonchev–Trinajstić information content (AvgIpc) is 3.48. The van der Waals surface area contributed by atoms with Crippen molar-refractivity contribution in [1.82, 2.24) is 10.6 Å². The zero-order chi connectivity index (χ0) is 22.2. The first-order chi connectivity index (χ1) is 15.5. The van der Waals surface area contributed by atoms with Crippen LogP contribution in [0.1, 0.15) is 31.2 Å². The summed E-state index contributed by atoms with van der Waals surface area (Å²) in [6.45, 7) is 3.90. The van der Waals surface area contributed by atoms with Crippen LogP contribution in [0, 0.1) is 17.2 Å². The Morgan fingerprint density at radius 1 is 1.28 bits per heavy atom. The fourth-order valence-corrected chi connectivity index (χ4v) is 5.20. The van der Waals surface area contributed by atoms with E-state index < -0.39 is 6.04 Å². The van der Waals surface area contributed by atoms with Crippen molar-refractivity contribution in [2.45, 2.75) is 50.2 Å². The van der Waals surface area contributed by atoms with E-state index in [-0.39, 0.29) is 11.9 Å². The molecule has 0 spiro atoms. The maximum absolute atomic E-state index is 12.7. The third-order valence-corrected chi connectivity index (χ3v) is 7.05. The quantitative estimate of drug-likeness (QED) is 0.759. The van der Waals surface area contributed by atoms with Crippen molar-refractivity contribution in [2.24, 2.45) is 5.92 Å². The van der Waals surface area contributed by atoms with Gasteiger partial charge in [-0.05, 0) is 60.6 Å². The number of nitriles is 1. The van der Waals surface area contributed by atoms with Crippen LogP contribution in [0.15, 0.2) is 54.9 Å². The standard InChI is InChI=1S/C26H28N4O2/c1-16-30(2)24-14-19(10-11-25(24)32-16)18-8-6-17(7-9-18)12-21(15-27)28-26(31)23-13-20-4-3-5-22(20)29-23/h6-11,14,20-23,29H,1,3-5,12-13H2,2H3,(H,28,31). The van der Waals surface area contributed by atoms with E-state index in [1.165, 1.54) is 12.8 Å². The van der Waals surface area contributed by atoms with Gasteiger partial charge in [0, 0.05) is 19.5 Å². The average molecular weight is 429 g/mol. The van der Waals surface area contributed by atoms with Gasteiger partial charge in [-0.25, -0.2) is 0 Å². The normalized spacial score (nSPS) is 24.4. The molecule has 1 amide bonds. The van der Waals surface area contributed by atoms with Crippen LogP contribution in [-0.4, -0.2) is 31.1 Å². The van der Waals surface area contributed by atoms with Crippen LogP contribution in [0.5, 0.6) is 5.75 Å². The van der Waals surface area contributed by atoms with E-state index in [0.29, 0.717) is 24.3 Å². The molecule has 32 heavy (non-hydrogen) atoms. The third kappa shape index (κ3) is 3.85. The van der Waals surface area contributed by atoms with Crippen LogP contribution in [0.2, 0.25) is 0 Å². The number of amides is 1. The van der Waals surface area contributed by atoms with Crippen molar-refractivity contribution in [1.29, 1.82) is 5.26 Å². The van der Waals surface area contributed by atoms with Gasteiger partial charge in [0.2, 0.25) is 5.91 Å². The number of anilines is 1. The van der Waals surface area contributed by atoms with Crippen LogP contribution in [0.4, 0.5) is 5.69 Å². The maximum Gasteiger partial charge on any atom is 0.238 e. The fraction of sp³-hybridized carbons (Fsp3) is 0.385. The Labute approximate surface area is 188 Å². The van der Waals surface area contributed by atoms with Crippen LogP contribution < -0.4 is 20.3 Å². The summed E-state index contributed by atoms with van der Waals surface area (Å²) in [5.74, 6) is 2.00. The molecular formula is C26H28N4O2. The van der Waals surface area contributed by atoms with Gasteiger partial charge >= 0.3 is 0 Å². The van der Waals surface area contributed by atoms with Crippen molar-refractivity contribution in [3.8, 4) is 22.9 Å².